The summed E-state index contributed by atoms with van der Waals surface area (Å²) in [7, 11) is 0. The second-order valence-corrected chi connectivity index (χ2v) is 7.69. The summed E-state index contributed by atoms with van der Waals surface area (Å²) in [6.07, 6.45) is 2.07. The number of thioether (sulfide) groups is 1. The van der Waals surface area contributed by atoms with E-state index < -0.39 is 41.5 Å². The van der Waals surface area contributed by atoms with E-state index in [1.54, 1.807) is 0 Å². The van der Waals surface area contributed by atoms with Crippen molar-refractivity contribution in [2.45, 2.75) is 24.1 Å². The fourth-order valence-electron chi connectivity index (χ4n) is 1.89. The first-order valence-corrected chi connectivity index (χ1v) is 10.1. The van der Waals surface area contributed by atoms with Crippen LogP contribution in [0.25, 0.3) is 0 Å². The van der Waals surface area contributed by atoms with Crippen molar-refractivity contribution in [1.29, 1.82) is 0 Å². The van der Waals surface area contributed by atoms with Crippen LogP contribution in [0, 0.1) is 17.5 Å². The van der Waals surface area contributed by atoms with Crippen molar-refractivity contribution in [2.24, 2.45) is 0 Å². The summed E-state index contributed by atoms with van der Waals surface area (Å²) in [5.41, 5.74) is -0.510. The summed E-state index contributed by atoms with van der Waals surface area (Å²) in [4.78, 5) is 23.5. The number of nitrogens with zero attached hydrogens (tertiary/aromatic N) is 2. The van der Waals surface area contributed by atoms with Crippen LogP contribution in [0.1, 0.15) is 19.8 Å². The van der Waals surface area contributed by atoms with Crippen LogP contribution >= 0.6 is 23.1 Å². The second-order valence-electron chi connectivity index (χ2n) is 5.49. The van der Waals surface area contributed by atoms with E-state index in [1.807, 2.05) is 0 Å². The topological polar surface area (TPSA) is 96.0 Å². The molecule has 0 aliphatic heterocycles. The van der Waals surface area contributed by atoms with Gasteiger partial charge in [-0.1, -0.05) is 36.4 Å². The Kier molecular flexibility index (Phi) is 8.51. The van der Waals surface area contributed by atoms with Crippen LogP contribution < -0.4 is 16.0 Å². The fourth-order valence-corrected chi connectivity index (χ4v) is 3.49. The van der Waals surface area contributed by atoms with E-state index in [2.05, 4.69) is 33.1 Å². The molecule has 0 bridgehead atoms. The molecule has 2 rings (SSSR count). The predicted molar refractivity (Wildman–Crippen MR) is 102 cm³/mol. The third-order valence-electron chi connectivity index (χ3n) is 3.30. The number of aromatic nitrogens is 2. The van der Waals surface area contributed by atoms with Gasteiger partial charge in [0.25, 0.3) is 0 Å². The van der Waals surface area contributed by atoms with E-state index in [4.69, 9.17) is 0 Å². The van der Waals surface area contributed by atoms with Crippen molar-refractivity contribution in [3.8, 4) is 0 Å². The number of carbonyl (C=O) groups excluding carboxylic acids is 2. The Morgan fingerprint density at radius 2 is 1.93 bits per heavy atom. The molecule has 0 aliphatic rings. The number of amides is 2. The minimum Gasteiger partial charge on any atom is -0.360 e. The lowest BCUT2D eigenvalue weighted by atomic mass is 10.2. The molecule has 0 radical (unpaired) electrons. The van der Waals surface area contributed by atoms with Gasteiger partial charge < -0.3 is 16.0 Å². The van der Waals surface area contributed by atoms with Crippen LogP contribution in [-0.2, 0) is 9.59 Å². The monoisotopic (exact) mass is 433 g/mol. The standard InChI is InChI=1S/C16H18F3N5O2S2/c1-2-3-6-20-15-23-24-16(28-15)27-8-12(26)21-7-11(25)22-10-5-4-9(17)13(18)14(10)19/h4-5H,2-3,6-8H2,1H3,(H,20,23)(H,21,26)(H,22,25). The number of unbranched alkanes of at least 4 members (excludes halogenated alkanes) is 1. The highest BCUT2D eigenvalue weighted by Crippen LogP contribution is 2.25. The molecular weight excluding hydrogens is 415 g/mol. The lowest BCUT2D eigenvalue weighted by Gasteiger charge is -2.08. The van der Waals surface area contributed by atoms with Gasteiger partial charge in [-0.25, -0.2) is 13.2 Å². The normalized spacial score (nSPS) is 10.6. The van der Waals surface area contributed by atoms with E-state index >= 15 is 0 Å². The maximum atomic E-state index is 13.5. The number of carbonyl (C=O) groups is 2. The smallest absolute Gasteiger partial charge is 0.243 e. The maximum Gasteiger partial charge on any atom is 0.243 e. The summed E-state index contributed by atoms with van der Waals surface area (Å²) in [5.74, 6) is -5.76. The van der Waals surface area contributed by atoms with Crippen LogP contribution in [-0.4, -0.2) is 40.9 Å². The van der Waals surface area contributed by atoms with Gasteiger partial charge in [0.15, 0.2) is 21.8 Å². The Balaban J connectivity index is 1.72. The number of nitrogens with one attached hydrogen (secondary N) is 3. The van der Waals surface area contributed by atoms with Crippen molar-refractivity contribution in [3.05, 3.63) is 29.6 Å². The molecule has 1 aromatic carbocycles. The molecule has 2 aromatic rings. The van der Waals surface area contributed by atoms with E-state index in [9.17, 15) is 22.8 Å². The quantitative estimate of drug-likeness (QED) is 0.303. The van der Waals surface area contributed by atoms with E-state index in [0.717, 1.165) is 37.2 Å². The first kappa shape index (κ1) is 22.0. The SMILES string of the molecule is CCCCNc1nnc(SCC(=O)NCC(=O)Nc2ccc(F)c(F)c2F)s1. The summed E-state index contributed by atoms with van der Waals surface area (Å²) in [5, 5.41) is 16.1. The maximum absolute atomic E-state index is 13.5. The number of hydrogen-bond acceptors (Lipinski definition) is 7. The molecule has 0 unspecified atom stereocenters. The Morgan fingerprint density at radius 1 is 1.14 bits per heavy atom. The van der Waals surface area contributed by atoms with Gasteiger partial charge >= 0.3 is 0 Å². The molecule has 0 atom stereocenters. The first-order chi connectivity index (χ1) is 13.4. The highest BCUT2D eigenvalue weighted by molar-refractivity contribution is 8.01. The molecule has 0 saturated heterocycles. The molecule has 0 fully saturated rings. The van der Waals surface area contributed by atoms with Crippen molar-refractivity contribution >= 4 is 45.7 Å². The van der Waals surface area contributed by atoms with E-state index in [-0.39, 0.29) is 5.75 Å². The second kappa shape index (κ2) is 10.9. The number of rotatable bonds is 10. The minimum atomic E-state index is -1.68. The molecule has 1 aromatic heterocycles. The summed E-state index contributed by atoms with van der Waals surface area (Å²) < 4.78 is 40.1. The zero-order chi connectivity index (χ0) is 20.5. The molecule has 12 heteroatoms. The average molecular weight is 433 g/mol. The number of anilines is 2. The number of hydrogen-bond donors (Lipinski definition) is 3. The third-order valence-corrected chi connectivity index (χ3v) is 5.31. The Bertz CT molecular complexity index is 835. The van der Waals surface area contributed by atoms with Crippen LogP contribution in [0.3, 0.4) is 0 Å². The highest BCUT2D eigenvalue weighted by atomic mass is 32.2. The molecular formula is C16H18F3N5O2S2. The van der Waals surface area contributed by atoms with Gasteiger partial charge in [0.05, 0.1) is 18.0 Å². The van der Waals surface area contributed by atoms with Gasteiger partial charge in [-0.05, 0) is 18.6 Å². The molecule has 7 nitrogen and oxygen atoms in total. The third kappa shape index (κ3) is 6.68. The predicted octanol–water partition coefficient (Wildman–Crippen LogP) is 3.01. The molecule has 0 saturated carbocycles. The molecule has 1 heterocycles. The average Bonchev–Trinajstić information content (AvgIpc) is 3.13. The highest BCUT2D eigenvalue weighted by Gasteiger charge is 2.16. The van der Waals surface area contributed by atoms with Crippen LogP contribution in [0.4, 0.5) is 24.0 Å². The molecule has 3 N–H and O–H groups in total. The van der Waals surface area contributed by atoms with Crippen LogP contribution in [0.15, 0.2) is 16.5 Å². The lowest BCUT2D eigenvalue weighted by Crippen LogP contribution is -2.34. The van der Waals surface area contributed by atoms with E-state index in [1.165, 1.54) is 11.3 Å². The van der Waals surface area contributed by atoms with Gasteiger partial charge in [0, 0.05) is 6.54 Å². The largest absolute Gasteiger partial charge is 0.360 e. The molecule has 152 valence electrons. The van der Waals surface area contributed by atoms with E-state index in [0.29, 0.717) is 15.5 Å². The van der Waals surface area contributed by atoms with Gasteiger partial charge in [0.2, 0.25) is 16.9 Å². The van der Waals surface area contributed by atoms with Gasteiger partial charge in [0.1, 0.15) is 0 Å². The zero-order valence-corrected chi connectivity index (χ0v) is 16.5. The van der Waals surface area contributed by atoms with Crippen molar-refractivity contribution in [3.63, 3.8) is 0 Å². The van der Waals surface area contributed by atoms with Crippen molar-refractivity contribution in [1.82, 2.24) is 15.5 Å². The summed E-state index contributed by atoms with van der Waals surface area (Å²) in [6, 6.07) is 1.58. The van der Waals surface area contributed by atoms with Crippen molar-refractivity contribution in [2.75, 3.05) is 29.5 Å². The first-order valence-electron chi connectivity index (χ1n) is 8.31. The molecule has 0 aliphatic carbocycles. The zero-order valence-electron chi connectivity index (χ0n) is 14.9. The Labute approximate surface area is 167 Å². The molecule has 28 heavy (non-hydrogen) atoms. The number of halogens is 3. The fraction of sp³-hybridized carbons (Fsp3) is 0.375. The van der Waals surface area contributed by atoms with Gasteiger partial charge in [-0.15, -0.1) is 10.2 Å². The Morgan fingerprint density at radius 3 is 2.68 bits per heavy atom. The van der Waals surface area contributed by atoms with Crippen molar-refractivity contribution < 1.29 is 22.8 Å². The van der Waals surface area contributed by atoms with Crippen LogP contribution in [0.5, 0.6) is 0 Å². The molecule has 2 amide bonds. The Hall–Kier alpha value is -2.34. The van der Waals surface area contributed by atoms with Crippen LogP contribution in [0.2, 0.25) is 0 Å². The van der Waals surface area contributed by atoms with Gasteiger partial charge in [-0.2, -0.15) is 0 Å². The minimum absolute atomic E-state index is 0.0103. The molecule has 0 spiro atoms. The summed E-state index contributed by atoms with van der Waals surface area (Å²) in [6.45, 7) is 2.43. The lowest BCUT2D eigenvalue weighted by molar-refractivity contribution is -0.122. The summed E-state index contributed by atoms with van der Waals surface area (Å²) >= 11 is 2.48. The van der Waals surface area contributed by atoms with Gasteiger partial charge in [-0.3, -0.25) is 9.59 Å². The number of benzene rings is 1.